The van der Waals surface area contributed by atoms with Crippen LogP contribution in [-0.4, -0.2) is 43.7 Å². The van der Waals surface area contributed by atoms with Gasteiger partial charge in [0.15, 0.2) is 5.11 Å². The van der Waals surface area contributed by atoms with Gasteiger partial charge in [-0.15, -0.1) is 11.3 Å². The number of morpholine rings is 1. The van der Waals surface area contributed by atoms with Crippen molar-refractivity contribution in [2.75, 3.05) is 38.2 Å². The number of ether oxygens (including phenoxy) is 1. The number of thiocarbonyl (C=S) groups is 1. The zero-order valence-electron chi connectivity index (χ0n) is 14.6. The van der Waals surface area contributed by atoms with Gasteiger partial charge in [0.05, 0.1) is 24.6 Å². The Morgan fingerprint density at radius 1 is 1.22 bits per heavy atom. The summed E-state index contributed by atoms with van der Waals surface area (Å²) in [5.74, 6) is -2.41. The molecule has 1 atom stereocenters. The predicted octanol–water partition coefficient (Wildman–Crippen LogP) is 3.01. The summed E-state index contributed by atoms with van der Waals surface area (Å²) in [4.78, 5) is 3.35. The lowest BCUT2D eigenvalue weighted by Crippen LogP contribution is -3.15. The van der Waals surface area contributed by atoms with Gasteiger partial charge >= 0.3 is 0 Å². The highest BCUT2D eigenvalue weighted by molar-refractivity contribution is 7.99. The largest absolute Gasteiger partial charge is 0.370 e. The third-order valence-electron chi connectivity index (χ3n) is 4.32. The van der Waals surface area contributed by atoms with E-state index >= 15 is 0 Å². The van der Waals surface area contributed by atoms with Crippen molar-refractivity contribution in [3.8, 4) is 0 Å². The number of thioether (sulfide) groups is 1. The topological polar surface area (TPSA) is 37.7 Å². The van der Waals surface area contributed by atoms with Crippen molar-refractivity contribution in [2.45, 2.75) is 16.7 Å². The number of quaternary nitrogens is 1. The van der Waals surface area contributed by atoms with E-state index in [1.165, 1.54) is 9.78 Å². The van der Waals surface area contributed by atoms with Crippen molar-refractivity contribution in [1.82, 2.24) is 5.32 Å². The molecule has 4 nitrogen and oxygen atoms in total. The van der Waals surface area contributed by atoms with Gasteiger partial charge in [0.25, 0.3) is 5.76 Å². The third-order valence-corrected chi connectivity index (χ3v) is 6.27. The lowest BCUT2D eigenvalue weighted by Gasteiger charge is -2.31. The first-order valence-electron chi connectivity index (χ1n) is 8.67. The van der Waals surface area contributed by atoms with Crippen LogP contribution in [0, 0.1) is 0 Å². The second-order valence-corrected chi connectivity index (χ2v) is 8.53. The van der Waals surface area contributed by atoms with Crippen molar-refractivity contribution in [1.29, 1.82) is 0 Å². The van der Waals surface area contributed by atoms with E-state index in [2.05, 4.69) is 28.1 Å². The van der Waals surface area contributed by atoms with Crippen molar-refractivity contribution >= 4 is 46.1 Å². The number of alkyl halides is 2. The molecule has 2 heterocycles. The molecule has 0 unspecified atom stereocenters. The molecule has 1 aromatic heterocycles. The predicted molar refractivity (Wildman–Crippen MR) is 111 cm³/mol. The molecule has 3 N–H and O–H groups in total. The standard InChI is InChI=1S/C18H21F2N3OS3/c19-17(20)27-14-5-3-13(4-6-14)22-18(25)21-12-15(16-2-1-11-26-16)23-7-9-24-10-8-23/h1-6,11,15,17H,7-10,12H2,(H2,21,22,25)/p+1/t15-/m1/s1. The number of hydrogen-bond donors (Lipinski definition) is 3. The summed E-state index contributed by atoms with van der Waals surface area (Å²) >= 11 is 7.70. The Bertz CT molecular complexity index is 707. The summed E-state index contributed by atoms with van der Waals surface area (Å²) < 4.78 is 30.3. The molecule has 1 aliphatic heterocycles. The first-order valence-corrected chi connectivity index (χ1v) is 10.8. The van der Waals surface area contributed by atoms with Crippen LogP contribution in [0.3, 0.4) is 0 Å². The molecule has 0 spiro atoms. The van der Waals surface area contributed by atoms with E-state index in [0.29, 0.717) is 27.8 Å². The molecule has 0 amide bonds. The average molecular weight is 431 g/mol. The van der Waals surface area contributed by atoms with Crippen molar-refractivity contribution in [3.05, 3.63) is 46.7 Å². The van der Waals surface area contributed by atoms with Gasteiger partial charge in [-0.3, -0.25) is 0 Å². The number of hydrogen-bond acceptors (Lipinski definition) is 4. The first-order chi connectivity index (χ1) is 13.1. The third kappa shape index (κ3) is 6.39. The van der Waals surface area contributed by atoms with Crippen LogP contribution < -0.4 is 15.5 Å². The summed E-state index contributed by atoms with van der Waals surface area (Å²) in [7, 11) is 0. The summed E-state index contributed by atoms with van der Waals surface area (Å²) in [6.45, 7) is 4.24. The fraction of sp³-hybridized carbons (Fsp3) is 0.389. The second kappa shape index (κ2) is 10.3. The molecule has 0 bridgehead atoms. The van der Waals surface area contributed by atoms with Crippen LogP contribution in [0.5, 0.6) is 0 Å². The maximum absolute atomic E-state index is 12.4. The molecule has 146 valence electrons. The van der Waals surface area contributed by atoms with Crippen molar-refractivity contribution in [2.24, 2.45) is 0 Å². The maximum atomic E-state index is 12.4. The molecule has 0 saturated carbocycles. The van der Waals surface area contributed by atoms with Crippen molar-refractivity contribution in [3.63, 3.8) is 0 Å². The summed E-state index contributed by atoms with van der Waals surface area (Å²) in [5, 5.41) is 9.04. The van der Waals surface area contributed by atoms with Gasteiger partial charge in [-0.2, -0.15) is 8.78 Å². The van der Waals surface area contributed by atoms with E-state index < -0.39 is 5.76 Å². The van der Waals surface area contributed by atoms with Gasteiger partial charge in [-0.05, 0) is 47.9 Å². The lowest BCUT2D eigenvalue weighted by atomic mass is 10.2. The molecule has 1 aromatic carbocycles. The molecule has 3 rings (SSSR count). The monoisotopic (exact) mass is 430 g/mol. The Kier molecular flexibility index (Phi) is 7.83. The molecule has 0 radical (unpaired) electrons. The van der Waals surface area contributed by atoms with Gasteiger partial charge < -0.3 is 20.3 Å². The number of rotatable bonds is 7. The smallest absolute Gasteiger partial charge is 0.288 e. The number of anilines is 1. The van der Waals surface area contributed by atoms with Gasteiger partial charge in [0, 0.05) is 10.6 Å². The summed E-state index contributed by atoms with van der Waals surface area (Å²) in [6.07, 6.45) is 0. The number of nitrogens with one attached hydrogen (secondary N) is 3. The van der Waals surface area contributed by atoms with Crippen LogP contribution in [0.1, 0.15) is 10.9 Å². The Morgan fingerprint density at radius 3 is 2.59 bits per heavy atom. The van der Waals surface area contributed by atoms with Gasteiger partial charge in [0.2, 0.25) is 0 Å². The lowest BCUT2D eigenvalue weighted by molar-refractivity contribution is -0.937. The number of thiophene rings is 1. The highest BCUT2D eigenvalue weighted by Crippen LogP contribution is 2.26. The van der Waals surface area contributed by atoms with Gasteiger partial charge in [-0.25, -0.2) is 0 Å². The van der Waals surface area contributed by atoms with E-state index in [0.717, 1.165) is 38.5 Å². The Hall–Kier alpha value is -1.26. The second-order valence-electron chi connectivity index (χ2n) is 6.08. The summed E-state index contributed by atoms with van der Waals surface area (Å²) in [6, 6.07) is 11.4. The van der Waals surface area contributed by atoms with E-state index in [9.17, 15) is 8.78 Å². The molecular formula is C18H22F2N3OS3+. The van der Waals surface area contributed by atoms with Gasteiger partial charge in [0.1, 0.15) is 19.1 Å². The van der Waals surface area contributed by atoms with Crippen LogP contribution in [-0.2, 0) is 4.74 Å². The molecule has 0 aliphatic carbocycles. The van der Waals surface area contributed by atoms with E-state index in [4.69, 9.17) is 17.0 Å². The zero-order chi connectivity index (χ0) is 19.1. The Balaban J connectivity index is 1.54. The average Bonchev–Trinajstić information content (AvgIpc) is 3.18. The molecule has 9 heteroatoms. The quantitative estimate of drug-likeness (QED) is 0.465. The maximum Gasteiger partial charge on any atom is 0.288 e. The zero-order valence-corrected chi connectivity index (χ0v) is 17.1. The normalized spacial score (nSPS) is 16.3. The van der Waals surface area contributed by atoms with Gasteiger partial charge in [-0.1, -0.05) is 17.8 Å². The van der Waals surface area contributed by atoms with Crippen LogP contribution in [0.15, 0.2) is 46.7 Å². The van der Waals surface area contributed by atoms with Crippen LogP contribution in [0.4, 0.5) is 14.5 Å². The molecule has 1 saturated heterocycles. The minimum atomic E-state index is -2.41. The summed E-state index contributed by atoms with van der Waals surface area (Å²) in [5.41, 5.74) is 0.775. The van der Waals surface area contributed by atoms with E-state index in [-0.39, 0.29) is 0 Å². The molecular weight excluding hydrogens is 408 g/mol. The number of halogens is 2. The van der Waals surface area contributed by atoms with Crippen LogP contribution in [0.25, 0.3) is 0 Å². The fourth-order valence-corrected chi connectivity index (χ4v) is 4.59. The minimum Gasteiger partial charge on any atom is -0.370 e. The molecule has 27 heavy (non-hydrogen) atoms. The highest BCUT2D eigenvalue weighted by Gasteiger charge is 2.27. The van der Waals surface area contributed by atoms with E-state index in [1.54, 1.807) is 35.6 Å². The Labute approximate surface area is 171 Å². The van der Waals surface area contributed by atoms with E-state index in [1.807, 2.05) is 0 Å². The molecule has 1 aliphatic rings. The molecule has 1 fully saturated rings. The fourth-order valence-electron chi connectivity index (χ4n) is 3.01. The highest BCUT2D eigenvalue weighted by atomic mass is 32.2. The molecule has 2 aromatic rings. The SMILES string of the molecule is FC(F)Sc1ccc(NC(=S)NC[C@H](c2cccs2)[NH+]2CCOCC2)cc1. The van der Waals surface area contributed by atoms with Crippen molar-refractivity contribution < 1.29 is 18.4 Å². The number of benzene rings is 1. The minimum absolute atomic E-state index is 0.318. The van der Waals surface area contributed by atoms with Crippen LogP contribution >= 0.6 is 35.3 Å². The first kappa shape index (κ1) is 20.5. The van der Waals surface area contributed by atoms with Crippen LogP contribution in [0.2, 0.25) is 0 Å². The Morgan fingerprint density at radius 2 is 1.96 bits per heavy atom.